The smallest absolute Gasteiger partial charge is 0.242 e. The van der Waals surface area contributed by atoms with E-state index in [1.165, 1.54) is 17.6 Å². The highest BCUT2D eigenvalue weighted by Gasteiger charge is 2.66. The van der Waals surface area contributed by atoms with E-state index >= 15 is 0 Å². The fourth-order valence-electron chi connectivity index (χ4n) is 6.80. The van der Waals surface area contributed by atoms with Crippen LogP contribution in [0.3, 0.4) is 0 Å². The molecule has 0 aromatic rings. The minimum atomic E-state index is -1.82. The Bertz CT molecular complexity index is 976. The van der Waals surface area contributed by atoms with E-state index in [0.29, 0.717) is 12.0 Å². The molecule has 2 heterocycles. The summed E-state index contributed by atoms with van der Waals surface area (Å²) >= 11 is 0. The summed E-state index contributed by atoms with van der Waals surface area (Å²) in [5, 5.41) is 0.237. The second kappa shape index (κ2) is 7.08. The Hall–Kier alpha value is -0.886. The van der Waals surface area contributed by atoms with E-state index in [9.17, 15) is 0 Å². The first kappa shape index (κ1) is 23.8. The zero-order chi connectivity index (χ0) is 24.1. The van der Waals surface area contributed by atoms with Crippen LogP contribution in [0.4, 0.5) is 0 Å². The van der Waals surface area contributed by atoms with Gasteiger partial charge in [0.25, 0.3) is 0 Å². The molecule has 5 rings (SSSR count). The third-order valence-corrected chi connectivity index (χ3v) is 14.9. The quantitative estimate of drug-likeness (QED) is 0.383. The fraction of sp³-hybridized carbons (Fsp3) is 0.714. The summed E-state index contributed by atoms with van der Waals surface area (Å²) in [6.07, 6.45) is 17.6. The largest absolute Gasteiger partial charge is 0.544 e. The lowest BCUT2D eigenvalue weighted by molar-refractivity contribution is -0.118. The Morgan fingerprint density at radius 3 is 2.39 bits per heavy atom. The zero-order valence-electron chi connectivity index (χ0n) is 22.3. The van der Waals surface area contributed by atoms with Gasteiger partial charge in [0, 0.05) is 11.3 Å². The van der Waals surface area contributed by atoms with Crippen LogP contribution < -0.4 is 0 Å². The molecule has 0 aromatic heterocycles. The van der Waals surface area contributed by atoms with Gasteiger partial charge in [0.1, 0.15) is 11.4 Å². The van der Waals surface area contributed by atoms with Crippen LogP contribution >= 0.6 is 0 Å². The lowest BCUT2D eigenvalue weighted by Gasteiger charge is -2.53. The van der Waals surface area contributed by atoms with Crippen LogP contribution in [-0.2, 0) is 13.6 Å². The molecule has 2 spiro atoms. The van der Waals surface area contributed by atoms with Gasteiger partial charge in [0.2, 0.25) is 8.32 Å². The molecule has 2 aliphatic heterocycles. The highest BCUT2D eigenvalue weighted by Crippen LogP contribution is 2.66. The number of rotatable bonds is 4. The van der Waals surface area contributed by atoms with Crippen LogP contribution in [0.15, 0.2) is 47.3 Å². The first-order chi connectivity index (χ1) is 15.1. The molecular formula is C28H44O3Si2. The van der Waals surface area contributed by atoms with Crippen molar-refractivity contribution in [2.24, 2.45) is 11.3 Å². The molecule has 33 heavy (non-hydrogen) atoms. The number of ether oxygens (including phenoxy) is 1. The molecule has 5 heteroatoms. The van der Waals surface area contributed by atoms with E-state index in [2.05, 4.69) is 90.8 Å². The molecule has 0 radical (unpaired) electrons. The van der Waals surface area contributed by atoms with Crippen molar-refractivity contribution in [2.45, 2.75) is 115 Å². The van der Waals surface area contributed by atoms with Crippen molar-refractivity contribution in [3.8, 4) is 0 Å². The summed E-state index contributed by atoms with van der Waals surface area (Å²) in [7, 11) is -3.46. The number of hydrogen-bond acceptors (Lipinski definition) is 3. The second-order valence-electron chi connectivity index (χ2n) is 13.9. The highest BCUT2D eigenvalue weighted by molar-refractivity contribution is 6.74. The summed E-state index contributed by atoms with van der Waals surface area (Å²) in [5.41, 5.74) is 2.42. The van der Waals surface area contributed by atoms with E-state index < -0.39 is 16.6 Å². The summed E-state index contributed by atoms with van der Waals surface area (Å²) in [4.78, 5) is 0. The molecular weight excluding hydrogens is 440 g/mol. The van der Waals surface area contributed by atoms with Crippen molar-refractivity contribution in [3.63, 3.8) is 0 Å². The molecule has 0 amide bonds. The van der Waals surface area contributed by atoms with Crippen molar-refractivity contribution >= 4 is 16.6 Å². The fourth-order valence-corrected chi connectivity index (χ4v) is 9.09. The average molecular weight is 485 g/mol. The minimum Gasteiger partial charge on any atom is -0.544 e. The van der Waals surface area contributed by atoms with Crippen LogP contribution in [0.25, 0.3) is 0 Å². The lowest BCUT2D eigenvalue weighted by atomic mass is 9.60. The maximum atomic E-state index is 7.23. The number of fused-ring (bicyclic) bond motifs is 1. The Balaban J connectivity index is 1.48. The van der Waals surface area contributed by atoms with Gasteiger partial charge in [-0.15, -0.1) is 0 Å². The standard InChI is InChI=1S/C28H44O3Si2/c1-25(2,3)33(8,9)30-24-11-10-23-26(24,4)14-12-20-18-21-19-22(29-32(5,6)7)13-15-27(21)16-17-28(20,23)31-27/h12-13,15,18-19,23-24H,10-11,14,16-17H2,1-9H3/t23-,24+,26+,27+,28-/m1/s1. The van der Waals surface area contributed by atoms with Crippen molar-refractivity contribution in [1.82, 2.24) is 0 Å². The predicted molar refractivity (Wildman–Crippen MR) is 141 cm³/mol. The number of hydrogen-bond donors (Lipinski definition) is 0. The molecule has 5 atom stereocenters. The molecule has 2 fully saturated rings. The van der Waals surface area contributed by atoms with Crippen molar-refractivity contribution < 1.29 is 13.6 Å². The minimum absolute atomic E-state index is 0.149. The van der Waals surface area contributed by atoms with Crippen LogP contribution in [0, 0.1) is 11.3 Å². The van der Waals surface area contributed by atoms with Gasteiger partial charge in [0.05, 0.1) is 11.7 Å². The van der Waals surface area contributed by atoms with Gasteiger partial charge in [0.15, 0.2) is 8.32 Å². The molecule has 2 bridgehead atoms. The Kier molecular flexibility index (Phi) is 5.12. The lowest BCUT2D eigenvalue weighted by Crippen LogP contribution is -2.55. The molecule has 182 valence electrons. The summed E-state index contributed by atoms with van der Waals surface area (Å²) in [6, 6.07) is 0. The van der Waals surface area contributed by atoms with Crippen LogP contribution in [-0.4, -0.2) is 33.9 Å². The Morgan fingerprint density at radius 2 is 1.73 bits per heavy atom. The molecule has 0 N–H and O–H groups in total. The Morgan fingerprint density at radius 1 is 1.00 bits per heavy atom. The Labute approximate surface area is 203 Å². The van der Waals surface area contributed by atoms with Gasteiger partial charge in [-0.05, 0) is 105 Å². The van der Waals surface area contributed by atoms with E-state index in [1.54, 1.807) is 0 Å². The third-order valence-electron chi connectivity index (χ3n) is 9.58. The first-order valence-electron chi connectivity index (χ1n) is 13.0. The van der Waals surface area contributed by atoms with Crippen LogP contribution in [0.5, 0.6) is 0 Å². The maximum absolute atomic E-state index is 7.23. The van der Waals surface area contributed by atoms with Gasteiger partial charge in [-0.2, -0.15) is 0 Å². The van der Waals surface area contributed by atoms with E-state index in [-0.39, 0.29) is 21.7 Å². The zero-order valence-corrected chi connectivity index (χ0v) is 24.3. The van der Waals surface area contributed by atoms with Gasteiger partial charge in [-0.1, -0.05) is 33.8 Å². The second-order valence-corrected chi connectivity index (χ2v) is 23.1. The molecule has 5 aliphatic rings. The van der Waals surface area contributed by atoms with Gasteiger partial charge in [-0.3, -0.25) is 0 Å². The topological polar surface area (TPSA) is 27.7 Å². The van der Waals surface area contributed by atoms with E-state index in [0.717, 1.165) is 31.4 Å². The van der Waals surface area contributed by atoms with Gasteiger partial charge < -0.3 is 13.6 Å². The van der Waals surface area contributed by atoms with E-state index in [1.807, 2.05) is 0 Å². The normalized spacial score (nSPS) is 39.8. The summed E-state index contributed by atoms with van der Waals surface area (Å²) in [5.74, 6) is 1.52. The third kappa shape index (κ3) is 3.56. The maximum Gasteiger partial charge on any atom is 0.242 e. The molecule has 1 saturated heterocycles. The monoisotopic (exact) mass is 484 g/mol. The molecule has 1 saturated carbocycles. The highest BCUT2D eigenvalue weighted by atomic mass is 28.4. The first-order valence-corrected chi connectivity index (χ1v) is 19.3. The van der Waals surface area contributed by atoms with Crippen LogP contribution in [0.2, 0.25) is 37.8 Å². The summed E-state index contributed by atoms with van der Waals surface area (Å²) in [6.45, 7) is 21.1. The molecule has 3 aliphatic carbocycles. The van der Waals surface area contributed by atoms with Crippen molar-refractivity contribution in [1.29, 1.82) is 0 Å². The average Bonchev–Trinajstić information content (AvgIpc) is 3.16. The molecule has 0 aromatic carbocycles. The molecule has 3 nitrogen and oxygen atoms in total. The predicted octanol–water partition coefficient (Wildman–Crippen LogP) is 7.66. The van der Waals surface area contributed by atoms with Gasteiger partial charge >= 0.3 is 0 Å². The molecule has 0 unspecified atom stereocenters. The van der Waals surface area contributed by atoms with Gasteiger partial charge in [-0.25, -0.2) is 0 Å². The van der Waals surface area contributed by atoms with Crippen LogP contribution in [0.1, 0.15) is 59.8 Å². The van der Waals surface area contributed by atoms with E-state index in [4.69, 9.17) is 13.6 Å². The number of allylic oxidation sites excluding steroid dienone is 2. The summed E-state index contributed by atoms with van der Waals surface area (Å²) < 4.78 is 20.6. The SMILES string of the molecule is CC(C)(C)[Si](C)(C)O[C@H]1CC[C@@H]2[C@]1(C)CC=C1C=C3C=C(O[Si](C)(C)C)C=C[C@]34CC[C@@]12O4. The van der Waals surface area contributed by atoms with Crippen molar-refractivity contribution in [2.75, 3.05) is 0 Å². The van der Waals surface area contributed by atoms with Crippen molar-refractivity contribution in [3.05, 3.63) is 47.3 Å².